The number of hydrogen-bond acceptors (Lipinski definition) is 7. The van der Waals surface area contributed by atoms with Gasteiger partial charge in [0.05, 0.1) is 11.5 Å². The number of aromatic nitrogens is 2. The summed E-state index contributed by atoms with van der Waals surface area (Å²) in [5.74, 6) is 0.476. The van der Waals surface area contributed by atoms with Crippen molar-refractivity contribution in [3.05, 3.63) is 16.3 Å². The number of nitrogens with one attached hydrogen (secondary N) is 1. The van der Waals surface area contributed by atoms with Gasteiger partial charge in [-0.05, 0) is 0 Å². The van der Waals surface area contributed by atoms with Crippen molar-refractivity contribution in [2.24, 2.45) is 0 Å². The zero-order chi connectivity index (χ0) is 12.1. The number of hydrogen-bond donors (Lipinski definition) is 2. The molecule has 1 aromatic rings. The van der Waals surface area contributed by atoms with Crippen molar-refractivity contribution >= 4 is 17.5 Å². The summed E-state index contributed by atoms with van der Waals surface area (Å²) < 4.78 is 0. The molecule has 8 heteroatoms. The standard InChI is InChI=1S/C8H13N5O3/c1-9-8-10-5-6(13(15)16)7(11-8)12(2)3-4-14/h5,14H,3-4H2,1-2H3,(H,9,10,11). The van der Waals surface area contributed by atoms with Crippen LogP contribution >= 0.6 is 0 Å². The monoisotopic (exact) mass is 227 g/mol. The molecule has 0 bridgehead atoms. The van der Waals surface area contributed by atoms with Gasteiger partial charge in [0.1, 0.15) is 6.20 Å². The van der Waals surface area contributed by atoms with Crippen LogP contribution in [0.15, 0.2) is 6.20 Å². The van der Waals surface area contributed by atoms with Crippen LogP contribution in [-0.4, -0.2) is 47.2 Å². The summed E-state index contributed by atoms with van der Waals surface area (Å²) in [6.07, 6.45) is 1.14. The molecule has 1 heterocycles. The number of nitro groups is 1. The Labute approximate surface area is 92.1 Å². The second-order valence-corrected chi connectivity index (χ2v) is 3.05. The molecular weight excluding hydrogens is 214 g/mol. The van der Waals surface area contributed by atoms with Gasteiger partial charge in [0.15, 0.2) is 0 Å². The maximum Gasteiger partial charge on any atom is 0.329 e. The molecule has 0 aliphatic rings. The summed E-state index contributed by atoms with van der Waals surface area (Å²) in [5, 5.41) is 22.2. The van der Waals surface area contributed by atoms with Crippen LogP contribution in [0.3, 0.4) is 0 Å². The molecule has 0 spiro atoms. The Morgan fingerprint density at radius 3 is 2.88 bits per heavy atom. The lowest BCUT2D eigenvalue weighted by atomic mass is 10.4. The molecule has 0 radical (unpaired) electrons. The Balaban J connectivity index is 3.14. The molecule has 0 aliphatic carbocycles. The molecule has 0 atom stereocenters. The van der Waals surface area contributed by atoms with Crippen LogP contribution in [0.25, 0.3) is 0 Å². The third-order valence-electron chi connectivity index (χ3n) is 1.97. The van der Waals surface area contributed by atoms with Crippen LogP contribution in [0.1, 0.15) is 0 Å². The largest absolute Gasteiger partial charge is 0.395 e. The van der Waals surface area contributed by atoms with Crippen LogP contribution in [-0.2, 0) is 0 Å². The van der Waals surface area contributed by atoms with E-state index in [1.807, 2.05) is 0 Å². The average molecular weight is 227 g/mol. The van der Waals surface area contributed by atoms with E-state index in [0.717, 1.165) is 6.20 Å². The van der Waals surface area contributed by atoms with Crippen molar-refractivity contribution in [1.29, 1.82) is 0 Å². The second-order valence-electron chi connectivity index (χ2n) is 3.05. The predicted molar refractivity (Wildman–Crippen MR) is 58.6 cm³/mol. The first-order chi connectivity index (χ1) is 7.60. The number of rotatable bonds is 5. The molecule has 0 saturated heterocycles. The minimum absolute atomic E-state index is 0.105. The summed E-state index contributed by atoms with van der Waals surface area (Å²) in [7, 11) is 3.24. The van der Waals surface area contributed by atoms with Crippen LogP contribution in [0, 0.1) is 10.1 Å². The Hall–Kier alpha value is -1.96. The molecule has 2 N–H and O–H groups in total. The van der Waals surface area contributed by atoms with Crippen molar-refractivity contribution in [1.82, 2.24) is 9.97 Å². The maximum atomic E-state index is 10.7. The lowest BCUT2D eigenvalue weighted by Gasteiger charge is -2.16. The summed E-state index contributed by atoms with van der Waals surface area (Å²) in [6.45, 7) is 0.160. The smallest absolute Gasteiger partial charge is 0.329 e. The zero-order valence-electron chi connectivity index (χ0n) is 9.04. The first kappa shape index (κ1) is 12.1. The van der Waals surface area contributed by atoms with Crippen molar-refractivity contribution in [3.8, 4) is 0 Å². The van der Waals surface area contributed by atoms with Gasteiger partial charge >= 0.3 is 5.69 Å². The summed E-state index contributed by atoms with van der Waals surface area (Å²) in [5.41, 5.74) is -0.185. The summed E-state index contributed by atoms with van der Waals surface area (Å²) in [6, 6.07) is 0. The van der Waals surface area contributed by atoms with Gasteiger partial charge in [-0.1, -0.05) is 0 Å². The zero-order valence-corrected chi connectivity index (χ0v) is 9.04. The number of anilines is 2. The van der Waals surface area contributed by atoms with Crippen molar-refractivity contribution in [2.75, 3.05) is 37.5 Å². The fourth-order valence-corrected chi connectivity index (χ4v) is 1.15. The van der Waals surface area contributed by atoms with Crippen molar-refractivity contribution in [3.63, 3.8) is 0 Å². The molecular formula is C8H13N5O3. The van der Waals surface area contributed by atoms with Crippen molar-refractivity contribution in [2.45, 2.75) is 0 Å². The SMILES string of the molecule is CNc1ncc([N+](=O)[O-])c(N(C)CCO)n1. The number of aliphatic hydroxyl groups is 1. The molecule has 0 amide bonds. The van der Waals surface area contributed by atoms with Gasteiger partial charge in [-0.25, -0.2) is 4.98 Å². The Morgan fingerprint density at radius 1 is 1.69 bits per heavy atom. The van der Waals surface area contributed by atoms with E-state index in [1.54, 1.807) is 14.1 Å². The Morgan fingerprint density at radius 2 is 2.38 bits per heavy atom. The first-order valence-corrected chi connectivity index (χ1v) is 4.61. The molecule has 0 unspecified atom stereocenters. The molecule has 8 nitrogen and oxygen atoms in total. The summed E-state index contributed by atoms with van der Waals surface area (Å²) in [4.78, 5) is 19.4. The van der Waals surface area contributed by atoms with E-state index in [9.17, 15) is 10.1 Å². The number of likely N-dealkylation sites (N-methyl/N-ethyl adjacent to an activating group) is 1. The average Bonchev–Trinajstić information content (AvgIpc) is 2.28. The highest BCUT2D eigenvalue weighted by Crippen LogP contribution is 2.24. The fraction of sp³-hybridized carbons (Fsp3) is 0.500. The molecule has 1 rings (SSSR count). The van der Waals surface area contributed by atoms with Crippen LogP contribution in [0.5, 0.6) is 0 Å². The van der Waals surface area contributed by atoms with E-state index in [4.69, 9.17) is 5.11 Å². The maximum absolute atomic E-state index is 10.7. The quantitative estimate of drug-likeness (QED) is 0.532. The molecule has 0 saturated carbocycles. The van der Waals surface area contributed by atoms with Gasteiger partial charge in [0, 0.05) is 20.6 Å². The van der Waals surface area contributed by atoms with Crippen LogP contribution in [0.2, 0.25) is 0 Å². The van der Waals surface area contributed by atoms with Crippen LogP contribution < -0.4 is 10.2 Å². The van der Waals surface area contributed by atoms with E-state index in [2.05, 4.69) is 15.3 Å². The molecule has 88 valence electrons. The first-order valence-electron chi connectivity index (χ1n) is 4.61. The topological polar surface area (TPSA) is 104 Å². The number of aliphatic hydroxyl groups excluding tert-OH is 1. The fourth-order valence-electron chi connectivity index (χ4n) is 1.15. The van der Waals surface area contributed by atoms with E-state index < -0.39 is 4.92 Å². The molecule has 1 aromatic heterocycles. The van der Waals surface area contributed by atoms with Gasteiger partial charge in [-0.2, -0.15) is 4.98 Å². The minimum Gasteiger partial charge on any atom is -0.395 e. The molecule has 0 aliphatic heterocycles. The molecule has 0 aromatic carbocycles. The lowest BCUT2D eigenvalue weighted by molar-refractivity contribution is -0.384. The Bertz CT molecular complexity index is 384. The van der Waals surface area contributed by atoms with Gasteiger partial charge in [-0.3, -0.25) is 10.1 Å². The lowest BCUT2D eigenvalue weighted by Crippen LogP contribution is -2.23. The van der Waals surface area contributed by atoms with E-state index in [0.29, 0.717) is 5.95 Å². The van der Waals surface area contributed by atoms with Crippen LogP contribution in [0.4, 0.5) is 17.5 Å². The highest BCUT2D eigenvalue weighted by Gasteiger charge is 2.20. The van der Waals surface area contributed by atoms with Gasteiger partial charge < -0.3 is 15.3 Å². The molecule has 0 fully saturated rings. The third kappa shape index (κ3) is 2.54. The van der Waals surface area contributed by atoms with Gasteiger partial charge in [0.2, 0.25) is 11.8 Å². The van der Waals surface area contributed by atoms with Gasteiger partial charge in [0.25, 0.3) is 0 Å². The normalized spacial score (nSPS) is 9.94. The second kappa shape index (κ2) is 5.21. The Kier molecular flexibility index (Phi) is 3.95. The van der Waals surface area contributed by atoms with E-state index in [1.165, 1.54) is 4.90 Å². The minimum atomic E-state index is -0.553. The highest BCUT2D eigenvalue weighted by molar-refractivity contribution is 5.58. The predicted octanol–water partition coefficient (Wildman–Crippen LogP) is -0.145. The van der Waals surface area contributed by atoms with Crippen molar-refractivity contribution < 1.29 is 10.0 Å². The number of nitrogens with zero attached hydrogens (tertiary/aromatic N) is 4. The van der Waals surface area contributed by atoms with E-state index >= 15 is 0 Å². The third-order valence-corrected chi connectivity index (χ3v) is 1.97. The van der Waals surface area contributed by atoms with E-state index in [-0.39, 0.29) is 24.7 Å². The summed E-state index contributed by atoms with van der Waals surface area (Å²) >= 11 is 0. The molecule has 16 heavy (non-hydrogen) atoms. The van der Waals surface area contributed by atoms with Gasteiger partial charge in [-0.15, -0.1) is 0 Å². The highest BCUT2D eigenvalue weighted by atomic mass is 16.6.